The quantitative estimate of drug-likeness (QED) is 0.136. The minimum atomic E-state index is -0.891. The van der Waals surface area contributed by atoms with Crippen molar-refractivity contribution in [2.75, 3.05) is 9.80 Å². The summed E-state index contributed by atoms with van der Waals surface area (Å²) in [6.07, 6.45) is 0. The molecule has 3 nitrogen and oxygen atoms in total. The maximum absolute atomic E-state index is 15.4. The van der Waals surface area contributed by atoms with Crippen LogP contribution in [0.5, 0.6) is 0 Å². The van der Waals surface area contributed by atoms with Gasteiger partial charge in [-0.15, -0.1) is 0 Å². The van der Waals surface area contributed by atoms with Crippen LogP contribution in [0, 0.1) is 11.6 Å². The monoisotopic (exact) mass is 1080 g/mol. The molecular formula is C79H50F2N2O. The first-order chi connectivity index (χ1) is 41.5. The van der Waals surface area contributed by atoms with Crippen LogP contribution in [0.2, 0.25) is 0 Å². The van der Waals surface area contributed by atoms with E-state index in [-0.39, 0.29) is 11.6 Å². The van der Waals surface area contributed by atoms with Crippen LogP contribution in [0.15, 0.2) is 308 Å². The Morgan fingerprint density at radius 3 is 1.29 bits per heavy atom. The largest absolute Gasteiger partial charge is 0.455 e. The molecule has 13 aromatic carbocycles. The maximum atomic E-state index is 15.4. The Labute approximate surface area is 485 Å². The molecule has 0 saturated carbocycles. The number of fused-ring (bicyclic) bond motifs is 14. The molecule has 0 amide bonds. The standard InChI is InChI=1S/C79H50F2N2O/c80-57-35-39-59(40-36-57)82(72-45-33-55(51-19-5-1-6-20-51)47-66(72)53-23-9-3-10-24-53)61-43-44-64-70(49-61)79(68-30-16-13-27-62(68)63-28-14-17-31-69(63)79)71-50-74(77-65-29-15-18-32-75(65)84-78(77)76(64)71)83(60-41-37-58(81)38-42-60)73-46-34-56(52-21-7-2-8-22-52)48-67(73)54-25-11-4-12-26-54/h1-50H. The van der Waals surface area contributed by atoms with Gasteiger partial charge in [0.15, 0.2) is 0 Å². The zero-order valence-electron chi connectivity index (χ0n) is 45.4. The van der Waals surface area contributed by atoms with Crippen molar-refractivity contribution in [3.8, 4) is 66.8 Å². The van der Waals surface area contributed by atoms with E-state index < -0.39 is 5.41 Å². The van der Waals surface area contributed by atoms with E-state index >= 15 is 8.78 Å². The second kappa shape index (κ2) is 19.7. The van der Waals surface area contributed by atoms with Gasteiger partial charge in [-0.1, -0.05) is 206 Å². The fourth-order valence-electron chi connectivity index (χ4n) is 13.6. The number of para-hydroxylation sites is 1. The van der Waals surface area contributed by atoms with Crippen LogP contribution in [-0.2, 0) is 5.41 Å². The van der Waals surface area contributed by atoms with Gasteiger partial charge in [0.2, 0.25) is 0 Å². The number of furan rings is 1. The Hall–Kier alpha value is -10.9. The van der Waals surface area contributed by atoms with Crippen LogP contribution < -0.4 is 9.80 Å². The Kier molecular flexibility index (Phi) is 11.5. The van der Waals surface area contributed by atoms with E-state index in [2.05, 4.69) is 234 Å². The summed E-state index contributed by atoms with van der Waals surface area (Å²) in [7, 11) is 0. The average molecular weight is 1080 g/mol. The highest BCUT2D eigenvalue weighted by Crippen LogP contribution is 2.66. The average Bonchev–Trinajstić information content (AvgIpc) is 1.52. The molecule has 2 aliphatic rings. The highest BCUT2D eigenvalue weighted by atomic mass is 19.1. The fraction of sp³-hybridized carbons (Fsp3) is 0.0127. The van der Waals surface area contributed by atoms with E-state index in [9.17, 15) is 0 Å². The molecule has 0 N–H and O–H groups in total. The molecule has 14 aromatic rings. The predicted octanol–water partition coefficient (Wildman–Crippen LogP) is 21.8. The van der Waals surface area contributed by atoms with Crippen LogP contribution in [0.4, 0.5) is 42.9 Å². The van der Waals surface area contributed by atoms with Crippen LogP contribution in [-0.4, -0.2) is 0 Å². The molecule has 1 spiro atoms. The van der Waals surface area contributed by atoms with Crippen molar-refractivity contribution in [2.24, 2.45) is 0 Å². The summed E-state index contributed by atoms with van der Waals surface area (Å²) >= 11 is 0. The molecular weight excluding hydrogens is 1030 g/mol. The number of anilines is 6. The number of halogens is 2. The van der Waals surface area contributed by atoms with Gasteiger partial charge in [0, 0.05) is 39.1 Å². The van der Waals surface area contributed by atoms with E-state index in [1.54, 1.807) is 24.3 Å². The van der Waals surface area contributed by atoms with Gasteiger partial charge in [-0.2, -0.15) is 0 Å². The van der Waals surface area contributed by atoms with Gasteiger partial charge in [-0.05, 0) is 169 Å². The van der Waals surface area contributed by atoms with Crippen molar-refractivity contribution >= 4 is 56.1 Å². The number of benzene rings is 13. The maximum Gasteiger partial charge on any atom is 0.145 e. The lowest BCUT2D eigenvalue weighted by atomic mass is 9.70. The lowest BCUT2D eigenvalue weighted by Gasteiger charge is -2.34. The van der Waals surface area contributed by atoms with Crippen molar-refractivity contribution in [1.82, 2.24) is 0 Å². The second-order valence-electron chi connectivity index (χ2n) is 21.7. The second-order valence-corrected chi connectivity index (χ2v) is 21.7. The smallest absolute Gasteiger partial charge is 0.145 e. The molecule has 0 radical (unpaired) electrons. The third kappa shape index (κ3) is 7.70. The highest BCUT2D eigenvalue weighted by Gasteiger charge is 2.53. The highest BCUT2D eigenvalue weighted by molar-refractivity contribution is 6.20. The van der Waals surface area contributed by atoms with Crippen LogP contribution >= 0.6 is 0 Å². The lowest BCUT2D eigenvalue weighted by molar-refractivity contribution is 0.627. The van der Waals surface area contributed by atoms with Gasteiger partial charge in [0.25, 0.3) is 0 Å². The Balaban J connectivity index is 1.01. The topological polar surface area (TPSA) is 19.6 Å². The molecule has 1 heterocycles. The molecule has 1 aromatic heterocycles. The molecule has 2 aliphatic carbocycles. The predicted molar refractivity (Wildman–Crippen MR) is 341 cm³/mol. The van der Waals surface area contributed by atoms with E-state index in [1.165, 1.54) is 0 Å². The van der Waals surface area contributed by atoms with Gasteiger partial charge in [-0.25, -0.2) is 8.78 Å². The molecule has 84 heavy (non-hydrogen) atoms. The lowest BCUT2D eigenvalue weighted by Crippen LogP contribution is -2.26. The normalized spacial score (nSPS) is 12.5. The molecule has 0 saturated heterocycles. The summed E-state index contributed by atoms with van der Waals surface area (Å²) in [5.74, 6) is -0.636. The Morgan fingerprint density at radius 2 is 0.738 bits per heavy atom. The van der Waals surface area contributed by atoms with Gasteiger partial charge in [0.1, 0.15) is 22.8 Å². The van der Waals surface area contributed by atoms with Gasteiger partial charge in [-0.3, -0.25) is 0 Å². The van der Waals surface area contributed by atoms with E-state index in [0.29, 0.717) is 0 Å². The minimum Gasteiger partial charge on any atom is -0.455 e. The zero-order chi connectivity index (χ0) is 55.9. The molecule has 0 fully saturated rings. The van der Waals surface area contributed by atoms with Crippen LogP contribution in [0.3, 0.4) is 0 Å². The number of nitrogens with zero attached hydrogens (tertiary/aromatic N) is 2. The first kappa shape index (κ1) is 49.0. The summed E-state index contributed by atoms with van der Waals surface area (Å²) in [6, 6.07) is 104. The molecule has 0 atom stereocenters. The number of hydrogen-bond donors (Lipinski definition) is 0. The molecule has 0 bridgehead atoms. The first-order valence-electron chi connectivity index (χ1n) is 28.4. The van der Waals surface area contributed by atoms with Gasteiger partial charge in [0.05, 0.1) is 27.9 Å². The van der Waals surface area contributed by atoms with Crippen molar-refractivity contribution in [1.29, 1.82) is 0 Å². The van der Waals surface area contributed by atoms with Crippen LogP contribution in [0.25, 0.3) is 88.7 Å². The van der Waals surface area contributed by atoms with E-state index in [4.69, 9.17) is 4.42 Å². The number of rotatable bonds is 10. The molecule has 0 aliphatic heterocycles. The third-order valence-corrected chi connectivity index (χ3v) is 17.2. The summed E-state index contributed by atoms with van der Waals surface area (Å²) in [5.41, 5.74) is 23.2. The Bertz CT molecular complexity index is 4800. The Morgan fingerprint density at radius 1 is 0.286 bits per heavy atom. The minimum absolute atomic E-state index is 0.313. The fourth-order valence-corrected chi connectivity index (χ4v) is 13.6. The van der Waals surface area contributed by atoms with Crippen molar-refractivity contribution in [3.05, 3.63) is 337 Å². The molecule has 396 valence electrons. The van der Waals surface area contributed by atoms with Crippen LogP contribution in [0.1, 0.15) is 22.3 Å². The summed E-state index contributed by atoms with van der Waals surface area (Å²) < 4.78 is 38.1. The van der Waals surface area contributed by atoms with Gasteiger partial charge < -0.3 is 14.2 Å². The van der Waals surface area contributed by atoms with E-state index in [1.807, 2.05) is 54.6 Å². The van der Waals surface area contributed by atoms with Crippen molar-refractivity contribution in [3.63, 3.8) is 0 Å². The van der Waals surface area contributed by atoms with Crippen molar-refractivity contribution < 1.29 is 13.2 Å². The molecule has 0 unspecified atom stereocenters. The summed E-state index contributed by atoms with van der Waals surface area (Å²) in [6.45, 7) is 0. The number of hydrogen-bond acceptors (Lipinski definition) is 3. The van der Waals surface area contributed by atoms with Gasteiger partial charge >= 0.3 is 0 Å². The summed E-state index contributed by atoms with van der Waals surface area (Å²) in [4.78, 5) is 4.60. The third-order valence-electron chi connectivity index (χ3n) is 17.2. The molecule has 16 rings (SSSR count). The SMILES string of the molecule is Fc1ccc(N(c2ccc3c(c2)C2(c4ccccc4-c4ccccc42)c2cc(N(c4ccc(F)cc4)c4ccc(-c5ccccc5)cc4-c4ccccc4)c4c(oc5ccccc54)c2-3)c2ccc(-c3ccccc3)cc2-c2ccccc2)cc1. The molecule has 5 heteroatoms. The van der Waals surface area contributed by atoms with E-state index in [0.717, 1.165) is 145 Å². The van der Waals surface area contributed by atoms with Crippen molar-refractivity contribution in [2.45, 2.75) is 5.41 Å². The summed E-state index contributed by atoms with van der Waals surface area (Å²) in [5, 5.41) is 1.89. The first-order valence-corrected chi connectivity index (χ1v) is 28.4. The zero-order valence-corrected chi connectivity index (χ0v) is 45.4.